The molecule has 0 aliphatic carbocycles. The Hall–Kier alpha value is -3.20. The van der Waals surface area contributed by atoms with E-state index in [2.05, 4.69) is 5.32 Å². The normalized spacial score (nSPS) is 15.9. The van der Waals surface area contributed by atoms with Gasteiger partial charge in [-0.1, -0.05) is 30.3 Å². The molecule has 1 saturated heterocycles. The van der Waals surface area contributed by atoms with Crippen molar-refractivity contribution in [1.82, 2.24) is 4.31 Å². The van der Waals surface area contributed by atoms with Gasteiger partial charge in [-0.3, -0.25) is 4.79 Å². The van der Waals surface area contributed by atoms with Gasteiger partial charge in [0.15, 0.2) is 0 Å². The second kappa shape index (κ2) is 10.8. The number of hydrogen-bond acceptors (Lipinski definition) is 5. The van der Waals surface area contributed by atoms with Crippen LogP contribution >= 0.6 is 0 Å². The third kappa shape index (κ3) is 6.02. The zero-order valence-electron chi connectivity index (χ0n) is 19.0. The number of sulfonamides is 1. The van der Waals surface area contributed by atoms with Gasteiger partial charge in [-0.2, -0.15) is 4.31 Å². The van der Waals surface area contributed by atoms with Gasteiger partial charge in [0.2, 0.25) is 10.0 Å². The Labute approximate surface area is 200 Å². The molecule has 0 aromatic heterocycles. The first-order valence-electron chi connectivity index (χ1n) is 11.2. The molecule has 34 heavy (non-hydrogen) atoms. The lowest BCUT2D eigenvalue weighted by atomic mass is 10.2. The van der Waals surface area contributed by atoms with Crippen LogP contribution in [0.4, 0.5) is 5.69 Å². The van der Waals surface area contributed by atoms with Gasteiger partial charge in [-0.15, -0.1) is 0 Å². The standard InChI is InChI=1S/C26H28N2O5S/c1-28(18-20-6-3-2-4-7-20)34(30,31)25-15-11-22(12-16-25)27-26(29)21-9-13-23(14-10-21)33-19-24-8-5-17-32-24/h2-4,6-7,9-16,24H,5,8,17-19H2,1H3,(H,27,29). The second-order valence-electron chi connectivity index (χ2n) is 8.20. The third-order valence-electron chi connectivity index (χ3n) is 5.64. The lowest BCUT2D eigenvalue weighted by molar-refractivity contribution is 0.0679. The molecule has 1 amide bonds. The summed E-state index contributed by atoms with van der Waals surface area (Å²) in [5.41, 5.74) is 1.89. The highest BCUT2D eigenvalue weighted by atomic mass is 32.2. The maximum atomic E-state index is 12.9. The minimum atomic E-state index is -3.65. The highest BCUT2D eigenvalue weighted by molar-refractivity contribution is 7.89. The molecule has 0 spiro atoms. The van der Waals surface area contributed by atoms with Gasteiger partial charge < -0.3 is 14.8 Å². The fourth-order valence-corrected chi connectivity index (χ4v) is 4.85. The fourth-order valence-electron chi connectivity index (χ4n) is 3.69. The van der Waals surface area contributed by atoms with Crippen LogP contribution in [0.5, 0.6) is 5.75 Å². The summed E-state index contributed by atoms with van der Waals surface area (Å²) < 4.78 is 38.3. The summed E-state index contributed by atoms with van der Waals surface area (Å²) in [6.07, 6.45) is 2.20. The van der Waals surface area contributed by atoms with Crippen LogP contribution < -0.4 is 10.1 Å². The van der Waals surface area contributed by atoms with Crippen molar-refractivity contribution < 1.29 is 22.7 Å². The van der Waals surface area contributed by atoms with E-state index in [1.165, 1.54) is 16.4 Å². The van der Waals surface area contributed by atoms with Gasteiger partial charge in [0.1, 0.15) is 12.4 Å². The van der Waals surface area contributed by atoms with Crippen molar-refractivity contribution >= 4 is 21.6 Å². The smallest absolute Gasteiger partial charge is 0.255 e. The number of ether oxygens (including phenoxy) is 2. The van der Waals surface area contributed by atoms with Crippen LogP contribution in [-0.2, 0) is 21.3 Å². The number of hydrogen-bond donors (Lipinski definition) is 1. The van der Waals surface area contributed by atoms with E-state index in [4.69, 9.17) is 9.47 Å². The summed E-state index contributed by atoms with van der Waals surface area (Å²) >= 11 is 0. The molecule has 1 aliphatic rings. The van der Waals surface area contributed by atoms with Gasteiger partial charge in [-0.25, -0.2) is 8.42 Å². The van der Waals surface area contributed by atoms with Crippen molar-refractivity contribution in [2.45, 2.75) is 30.4 Å². The van der Waals surface area contributed by atoms with Crippen molar-refractivity contribution in [3.05, 3.63) is 90.0 Å². The van der Waals surface area contributed by atoms with E-state index in [-0.39, 0.29) is 23.5 Å². The largest absolute Gasteiger partial charge is 0.491 e. The van der Waals surface area contributed by atoms with Crippen molar-refractivity contribution in [2.24, 2.45) is 0 Å². The second-order valence-corrected chi connectivity index (χ2v) is 10.2. The van der Waals surface area contributed by atoms with Crippen molar-refractivity contribution in [3.63, 3.8) is 0 Å². The summed E-state index contributed by atoms with van der Waals surface area (Å²) in [5.74, 6) is 0.392. The third-order valence-corrected chi connectivity index (χ3v) is 7.46. The minimum Gasteiger partial charge on any atom is -0.491 e. The van der Waals surface area contributed by atoms with E-state index in [1.54, 1.807) is 43.4 Å². The van der Waals surface area contributed by atoms with Crippen LogP contribution in [0.1, 0.15) is 28.8 Å². The quantitative estimate of drug-likeness (QED) is 0.493. The van der Waals surface area contributed by atoms with Gasteiger partial charge in [0, 0.05) is 31.5 Å². The Morgan fingerprint density at radius 3 is 2.38 bits per heavy atom. The number of nitrogens with one attached hydrogen (secondary N) is 1. The monoisotopic (exact) mass is 480 g/mol. The maximum absolute atomic E-state index is 12.9. The Kier molecular flexibility index (Phi) is 7.62. The Morgan fingerprint density at radius 1 is 1.03 bits per heavy atom. The van der Waals surface area contributed by atoms with Crippen LogP contribution in [0.15, 0.2) is 83.8 Å². The first-order valence-corrected chi connectivity index (χ1v) is 12.6. The van der Waals surface area contributed by atoms with Crippen LogP contribution in [0.2, 0.25) is 0 Å². The SMILES string of the molecule is CN(Cc1ccccc1)S(=O)(=O)c1ccc(NC(=O)c2ccc(OCC3CCCO3)cc2)cc1. The van der Waals surface area contributed by atoms with Crippen molar-refractivity contribution in [1.29, 1.82) is 0 Å². The number of carbonyl (C=O) groups is 1. The van der Waals surface area contributed by atoms with E-state index in [1.807, 2.05) is 30.3 Å². The molecular weight excluding hydrogens is 452 g/mol. The summed E-state index contributed by atoms with van der Waals surface area (Å²) in [5, 5.41) is 2.79. The Bertz CT molecular complexity index is 1190. The molecule has 7 nitrogen and oxygen atoms in total. The number of benzene rings is 3. The zero-order valence-corrected chi connectivity index (χ0v) is 19.8. The maximum Gasteiger partial charge on any atom is 0.255 e. The summed E-state index contributed by atoms with van der Waals surface area (Å²) in [6, 6.07) is 22.4. The average Bonchev–Trinajstić information content (AvgIpc) is 3.38. The molecule has 1 unspecified atom stereocenters. The van der Waals surface area contributed by atoms with Crippen LogP contribution in [0, 0.1) is 0 Å². The van der Waals surface area contributed by atoms with E-state index in [0.717, 1.165) is 25.0 Å². The Morgan fingerprint density at radius 2 is 1.74 bits per heavy atom. The van der Waals surface area contributed by atoms with Gasteiger partial charge in [0.25, 0.3) is 5.91 Å². The van der Waals surface area contributed by atoms with Gasteiger partial charge in [-0.05, 0) is 66.9 Å². The van der Waals surface area contributed by atoms with E-state index in [9.17, 15) is 13.2 Å². The van der Waals surface area contributed by atoms with Crippen molar-refractivity contribution in [2.75, 3.05) is 25.6 Å². The number of nitrogens with zero attached hydrogens (tertiary/aromatic N) is 1. The zero-order chi connectivity index (χ0) is 24.0. The number of rotatable bonds is 9. The highest BCUT2D eigenvalue weighted by Crippen LogP contribution is 2.21. The molecule has 3 aromatic rings. The Balaban J connectivity index is 1.34. The van der Waals surface area contributed by atoms with Gasteiger partial charge >= 0.3 is 0 Å². The fraction of sp³-hybridized carbons (Fsp3) is 0.269. The molecule has 0 bridgehead atoms. The molecule has 0 saturated carbocycles. The first-order chi connectivity index (χ1) is 16.4. The molecule has 8 heteroatoms. The molecule has 1 aliphatic heterocycles. The molecule has 0 radical (unpaired) electrons. The van der Waals surface area contributed by atoms with E-state index in [0.29, 0.717) is 23.6 Å². The van der Waals surface area contributed by atoms with Crippen LogP contribution in [0.3, 0.4) is 0 Å². The summed E-state index contributed by atoms with van der Waals surface area (Å²) in [6.45, 7) is 1.56. The molecule has 3 aromatic carbocycles. The molecule has 1 N–H and O–H groups in total. The minimum absolute atomic E-state index is 0.132. The van der Waals surface area contributed by atoms with Gasteiger partial charge in [0.05, 0.1) is 11.0 Å². The lowest BCUT2D eigenvalue weighted by Gasteiger charge is -2.17. The molecule has 1 heterocycles. The van der Waals surface area contributed by atoms with Crippen LogP contribution in [0.25, 0.3) is 0 Å². The molecular formula is C26H28N2O5S. The topological polar surface area (TPSA) is 84.9 Å². The number of amides is 1. The molecule has 4 rings (SSSR count). The molecule has 1 atom stereocenters. The molecule has 1 fully saturated rings. The van der Waals surface area contributed by atoms with Crippen LogP contribution in [-0.4, -0.2) is 45.0 Å². The van der Waals surface area contributed by atoms with E-state index < -0.39 is 10.0 Å². The molecule has 178 valence electrons. The average molecular weight is 481 g/mol. The lowest BCUT2D eigenvalue weighted by Crippen LogP contribution is -2.26. The number of anilines is 1. The van der Waals surface area contributed by atoms with Crippen molar-refractivity contribution in [3.8, 4) is 5.75 Å². The summed E-state index contributed by atoms with van der Waals surface area (Å²) in [4.78, 5) is 12.8. The predicted octanol–water partition coefficient (Wildman–Crippen LogP) is 4.32. The predicted molar refractivity (Wildman–Crippen MR) is 130 cm³/mol. The number of carbonyl (C=O) groups excluding carboxylic acids is 1. The first kappa shape index (κ1) is 23.9. The summed E-state index contributed by atoms with van der Waals surface area (Å²) in [7, 11) is -2.11. The highest BCUT2D eigenvalue weighted by Gasteiger charge is 2.21. The van der Waals surface area contributed by atoms with E-state index >= 15 is 0 Å².